The van der Waals surface area contributed by atoms with E-state index in [1.54, 1.807) is 0 Å². The number of tetrazole rings is 1. The van der Waals surface area contributed by atoms with Crippen LogP contribution in [0.3, 0.4) is 0 Å². The van der Waals surface area contributed by atoms with Crippen molar-refractivity contribution in [2.24, 2.45) is 0 Å². The fourth-order valence-electron chi connectivity index (χ4n) is 4.51. The van der Waals surface area contributed by atoms with Gasteiger partial charge in [-0.3, -0.25) is 0 Å². The number of fused-ring (bicyclic) bond motifs is 2. The summed E-state index contributed by atoms with van der Waals surface area (Å²) in [6, 6.07) is 23.0. The maximum Gasteiger partial charge on any atom is 0.196 e. The number of H-pyrrole nitrogens is 1. The number of pyridine rings is 1. The number of aromatic nitrogens is 8. The molecule has 0 fully saturated rings. The second kappa shape index (κ2) is 8.55. The zero-order valence-electron chi connectivity index (χ0n) is 18.9. The van der Waals surface area contributed by atoms with Gasteiger partial charge in [-0.25, -0.2) is 15.1 Å². The number of imidazole rings is 1. The number of unbranched alkanes of at least 4 members (excludes halogenated alkanes) is 1. The monoisotopic (exact) mass is 448 g/mol. The first-order valence-electron chi connectivity index (χ1n) is 11.6. The number of hydrogen-bond donors (Lipinski definition) is 1. The summed E-state index contributed by atoms with van der Waals surface area (Å²) in [5.74, 6) is 1.73. The van der Waals surface area contributed by atoms with Gasteiger partial charge in [-0.2, -0.15) is 0 Å². The number of aryl methyl sites for hydroxylation is 1. The van der Waals surface area contributed by atoms with Gasteiger partial charge in [-0.1, -0.05) is 43.7 Å². The van der Waals surface area contributed by atoms with Crippen LogP contribution >= 0.6 is 0 Å². The highest BCUT2D eigenvalue weighted by molar-refractivity contribution is 5.88. The summed E-state index contributed by atoms with van der Waals surface area (Å²) in [7, 11) is 0. The fourth-order valence-corrected chi connectivity index (χ4v) is 4.51. The summed E-state index contributed by atoms with van der Waals surface area (Å²) in [4.78, 5) is 9.47. The fraction of sp³-hybridized carbons (Fsp3) is 0.192. The van der Waals surface area contributed by atoms with Crippen LogP contribution in [-0.2, 0) is 13.0 Å². The van der Waals surface area contributed by atoms with Gasteiger partial charge in [0.2, 0.25) is 0 Å². The number of nitrogens with zero attached hydrogens (tertiary/aromatic N) is 7. The van der Waals surface area contributed by atoms with Crippen LogP contribution in [0.15, 0.2) is 72.9 Å². The van der Waals surface area contributed by atoms with Crippen LogP contribution in [0.25, 0.3) is 39.3 Å². The van der Waals surface area contributed by atoms with Crippen LogP contribution in [0, 0.1) is 0 Å². The van der Waals surface area contributed by atoms with Crippen LogP contribution in [0.5, 0.6) is 0 Å². The Morgan fingerprint density at radius 2 is 1.85 bits per heavy atom. The standard InChI is InChI=1S/C26H24N8/c1-2-3-10-24-28-21-8-6-15-27-26(21)33(24)17-18-11-13-20(14-12-18)34-22-9-5-4-7-19(22)16-23(34)25-29-31-32-30-25/h4-9,11-16H,2-3,10,17H2,1H3,(H,29,30,31,32). The van der Waals surface area contributed by atoms with Crippen molar-refractivity contribution in [3.63, 3.8) is 0 Å². The zero-order valence-corrected chi connectivity index (χ0v) is 18.9. The maximum absolute atomic E-state index is 4.85. The molecule has 8 heteroatoms. The Balaban J connectivity index is 1.38. The molecule has 2 aromatic carbocycles. The zero-order chi connectivity index (χ0) is 22.9. The molecule has 1 N–H and O–H groups in total. The normalized spacial score (nSPS) is 11.6. The van der Waals surface area contributed by atoms with Gasteiger partial charge in [0, 0.05) is 23.7 Å². The van der Waals surface area contributed by atoms with Gasteiger partial charge < -0.3 is 9.13 Å². The van der Waals surface area contributed by atoms with Gasteiger partial charge in [-0.05, 0) is 58.8 Å². The van der Waals surface area contributed by atoms with E-state index in [0.717, 1.165) is 65.1 Å². The van der Waals surface area contributed by atoms with E-state index >= 15 is 0 Å². The Labute approximate surface area is 196 Å². The van der Waals surface area contributed by atoms with E-state index in [1.807, 2.05) is 30.5 Å². The highest BCUT2D eigenvalue weighted by Crippen LogP contribution is 2.30. The van der Waals surface area contributed by atoms with Crippen molar-refractivity contribution >= 4 is 22.1 Å². The Kier molecular flexibility index (Phi) is 5.10. The highest BCUT2D eigenvalue weighted by atomic mass is 15.5. The summed E-state index contributed by atoms with van der Waals surface area (Å²) in [6.07, 6.45) is 5.04. The van der Waals surface area contributed by atoms with Crippen molar-refractivity contribution in [1.29, 1.82) is 0 Å². The van der Waals surface area contributed by atoms with Crippen LogP contribution in [0.4, 0.5) is 0 Å². The molecular formula is C26H24N8. The van der Waals surface area contributed by atoms with Crippen molar-refractivity contribution in [2.45, 2.75) is 32.7 Å². The SMILES string of the molecule is CCCCc1nc2cccnc2n1Cc1ccc(-n2c(-c3nnn[nH]3)cc3ccccc32)cc1. The molecule has 0 radical (unpaired) electrons. The molecular weight excluding hydrogens is 424 g/mol. The minimum absolute atomic E-state index is 0.636. The molecule has 6 aromatic rings. The maximum atomic E-state index is 4.85. The van der Waals surface area contributed by atoms with Gasteiger partial charge in [0.15, 0.2) is 11.5 Å². The molecule has 8 nitrogen and oxygen atoms in total. The molecule has 34 heavy (non-hydrogen) atoms. The van der Waals surface area contributed by atoms with Gasteiger partial charge in [0.1, 0.15) is 11.3 Å². The highest BCUT2D eigenvalue weighted by Gasteiger charge is 2.16. The second-order valence-corrected chi connectivity index (χ2v) is 8.40. The van der Waals surface area contributed by atoms with Crippen LogP contribution < -0.4 is 0 Å². The van der Waals surface area contributed by atoms with Gasteiger partial charge in [-0.15, -0.1) is 5.10 Å². The number of rotatable bonds is 7. The lowest BCUT2D eigenvalue weighted by Crippen LogP contribution is -2.06. The molecule has 0 aliphatic carbocycles. The molecule has 168 valence electrons. The summed E-state index contributed by atoms with van der Waals surface area (Å²) in [5.41, 5.74) is 6.17. The summed E-state index contributed by atoms with van der Waals surface area (Å²) >= 11 is 0. The minimum atomic E-state index is 0.636. The van der Waals surface area contributed by atoms with Gasteiger partial charge in [0.25, 0.3) is 0 Å². The van der Waals surface area contributed by atoms with E-state index in [-0.39, 0.29) is 0 Å². The quantitative estimate of drug-likeness (QED) is 0.373. The number of hydrogen-bond acceptors (Lipinski definition) is 5. The molecule has 0 aliphatic heterocycles. The number of benzene rings is 2. The molecule has 0 spiro atoms. The third-order valence-electron chi connectivity index (χ3n) is 6.17. The lowest BCUT2D eigenvalue weighted by atomic mass is 10.2. The minimum Gasteiger partial charge on any atom is -0.308 e. The lowest BCUT2D eigenvalue weighted by Gasteiger charge is -2.12. The van der Waals surface area contributed by atoms with Crippen LogP contribution in [0.1, 0.15) is 31.2 Å². The van der Waals surface area contributed by atoms with Crippen molar-refractivity contribution in [3.05, 3.63) is 84.3 Å². The van der Waals surface area contributed by atoms with E-state index < -0.39 is 0 Å². The molecule has 0 aliphatic rings. The Hall–Kier alpha value is -4.33. The summed E-state index contributed by atoms with van der Waals surface area (Å²) in [6.45, 7) is 2.94. The molecule has 0 amide bonds. The molecule has 0 saturated heterocycles. The van der Waals surface area contributed by atoms with Crippen molar-refractivity contribution in [2.75, 3.05) is 0 Å². The predicted octanol–water partition coefficient (Wildman–Crippen LogP) is 4.95. The molecule has 0 unspecified atom stereocenters. The molecule has 0 atom stereocenters. The third-order valence-corrected chi connectivity index (χ3v) is 6.17. The second-order valence-electron chi connectivity index (χ2n) is 8.40. The first kappa shape index (κ1) is 20.3. The van der Waals surface area contributed by atoms with Crippen LogP contribution in [-0.4, -0.2) is 39.7 Å². The van der Waals surface area contributed by atoms with Gasteiger partial charge in [0.05, 0.1) is 17.8 Å². The first-order valence-corrected chi connectivity index (χ1v) is 11.6. The van der Waals surface area contributed by atoms with E-state index in [2.05, 4.69) is 84.1 Å². The molecule has 0 saturated carbocycles. The van der Waals surface area contributed by atoms with Crippen molar-refractivity contribution < 1.29 is 0 Å². The average Bonchev–Trinajstić information content (AvgIpc) is 3.61. The topological polar surface area (TPSA) is 90.1 Å². The van der Waals surface area contributed by atoms with Crippen molar-refractivity contribution in [1.82, 2.24) is 39.7 Å². The van der Waals surface area contributed by atoms with Crippen molar-refractivity contribution in [3.8, 4) is 17.2 Å². The number of nitrogens with one attached hydrogen (secondary N) is 1. The molecule has 6 rings (SSSR count). The van der Waals surface area contributed by atoms with Crippen LogP contribution in [0.2, 0.25) is 0 Å². The Morgan fingerprint density at radius 1 is 0.971 bits per heavy atom. The molecule has 4 aromatic heterocycles. The van der Waals surface area contributed by atoms with Gasteiger partial charge >= 0.3 is 0 Å². The lowest BCUT2D eigenvalue weighted by molar-refractivity contribution is 0.686. The largest absolute Gasteiger partial charge is 0.308 e. The third kappa shape index (κ3) is 3.53. The van der Waals surface area contributed by atoms with E-state index in [9.17, 15) is 0 Å². The molecule has 0 bridgehead atoms. The summed E-state index contributed by atoms with van der Waals surface area (Å²) in [5, 5.41) is 15.7. The van der Waals surface area contributed by atoms with E-state index in [0.29, 0.717) is 5.82 Å². The average molecular weight is 449 g/mol. The summed E-state index contributed by atoms with van der Waals surface area (Å²) < 4.78 is 4.43. The number of aromatic amines is 1. The Morgan fingerprint density at radius 3 is 2.68 bits per heavy atom. The van der Waals surface area contributed by atoms with E-state index in [4.69, 9.17) is 4.98 Å². The van der Waals surface area contributed by atoms with E-state index in [1.165, 1.54) is 5.56 Å². The number of para-hydroxylation sites is 1. The Bertz CT molecular complexity index is 1560. The smallest absolute Gasteiger partial charge is 0.196 e. The molecule has 4 heterocycles. The predicted molar refractivity (Wildman–Crippen MR) is 132 cm³/mol. The first-order chi connectivity index (χ1) is 16.8.